The molecule has 7 nitrogen and oxygen atoms in total. The van der Waals surface area contributed by atoms with E-state index in [9.17, 15) is 4.39 Å². The molecule has 1 aliphatic heterocycles. The fourth-order valence-electron chi connectivity index (χ4n) is 4.42. The minimum absolute atomic E-state index is 0.155. The molecule has 32 heavy (non-hydrogen) atoms. The van der Waals surface area contributed by atoms with Gasteiger partial charge in [-0.15, -0.1) is 0 Å². The highest BCUT2D eigenvalue weighted by Gasteiger charge is 2.26. The van der Waals surface area contributed by atoms with Gasteiger partial charge < -0.3 is 25.0 Å². The molecule has 1 aromatic carbocycles. The van der Waals surface area contributed by atoms with E-state index in [1.165, 1.54) is 18.9 Å². The molecule has 0 spiro atoms. The van der Waals surface area contributed by atoms with Crippen LogP contribution in [0.4, 0.5) is 10.2 Å². The Morgan fingerprint density at radius 1 is 1.22 bits per heavy atom. The number of guanidine groups is 1. The Bertz CT molecular complexity index is 932. The number of nitrogens with zero attached hydrogens (tertiary/aromatic N) is 3. The SMILES string of the molecule is CN=C(NCc1cccc(OC)c1OC1CCCC1)NC1CCN(c2ncccc2F)C1. The monoisotopic (exact) mass is 441 g/mol. The van der Waals surface area contributed by atoms with Crippen LogP contribution in [0.5, 0.6) is 11.5 Å². The molecule has 2 heterocycles. The van der Waals surface area contributed by atoms with Gasteiger partial charge in [-0.3, -0.25) is 4.99 Å². The first-order valence-electron chi connectivity index (χ1n) is 11.3. The number of ether oxygens (including phenoxy) is 2. The second kappa shape index (κ2) is 10.5. The number of aromatic nitrogens is 1. The molecule has 2 aromatic rings. The summed E-state index contributed by atoms with van der Waals surface area (Å²) in [7, 11) is 3.42. The van der Waals surface area contributed by atoms with Crippen molar-refractivity contribution < 1.29 is 13.9 Å². The Morgan fingerprint density at radius 2 is 2.06 bits per heavy atom. The third-order valence-electron chi connectivity index (χ3n) is 6.10. The number of pyridine rings is 1. The number of hydrogen-bond acceptors (Lipinski definition) is 5. The van der Waals surface area contributed by atoms with Crippen LogP contribution in [0, 0.1) is 5.82 Å². The van der Waals surface area contributed by atoms with E-state index in [1.807, 2.05) is 23.1 Å². The lowest BCUT2D eigenvalue weighted by Crippen LogP contribution is -2.44. The summed E-state index contributed by atoms with van der Waals surface area (Å²) in [6.45, 7) is 1.98. The van der Waals surface area contributed by atoms with E-state index in [0.717, 1.165) is 42.9 Å². The predicted octanol–water partition coefficient (Wildman–Crippen LogP) is 3.49. The minimum Gasteiger partial charge on any atom is -0.493 e. The lowest BCUT2D eigenvalue weighted by Gasteiger charge is -2.21. The van der Waals surface area contributed by atoms with Gasteiger partial charge >= 0.3 is 0 Å². The zero-order chi connectivity index (χ0) is 22.3. The Balaban J connectivity index is 1.36. The van der Waals surface area contributed by atoms with Crippen molar-refractivity contribution in [1.29, 1.82) is 0 Å². The molecule has 0 radical (unpaired) electrons. The summed E-state index contributed by atoms with van der Waals surface area (Å²) < 4.78 is 26.0. The largest absolute Gasteiger partial charge is 0.493 e. The average molecular weight is 442 g/mol. The van der Waals surface area contributed by atoms with Gasteiger partial charge in [0.25, 0.3) is 0 Å². The normalized spacial score (nSPS) is 19.3. The average Bonchev–Trinajstić information content (AvgIpc) is 3.50. The number of nitrogens with one attached hydrogen (secondary N) is 2. The first kappa shape index (κ1) is 22.2. The maximum absolute atomic E-state index is 14.1. The zero-order valence-electron chi connectivity index (χ0n) is 18.8. The molecule has 0 bridgehead atoms. The van der Waals surface area contributed by atoms with Gasteiger partial charge in [-0.2, -0.15) is 0 Å². The Morgan fingerprint density at radius 3 is 2.81 bits per heavy atom. The van der Waals surface area contributed by atoms with Crippen molar-refractivity contribution in [1.82, 2.24) is 15.6 Å². The molecule has 1 atom stereocenters. The second-order valence-corrected chi connectivity index (χ2v) is 8.28. The van der Waals surface area contributed by atoms with Crippen molar-refractivity contribution >= 4 is 11.8 Å². The second-order valence-electron chi connectivity index (χ2n) is 8.28. The highest BCUT2D eigenvalue weighted by Crippen LogP contribution is 2.34. The van der Waals surface area contributed by atoms with Gasteiger partial charge in [0.15, 0.2) is 29.1 Å². The quantitative estimate of drug-likeness (QED) is 0.506. The van der Waals surface area contributed by atoms with Crippen LogP contribution in [0.2, 0.25) is 0 Å². The Hall–Kier alpha value is -3.03. The molecule has 4 rings (SSSR count). The van der Waals surface area contributed by atoms with Crippen molar-refractivity contribution in [2.75, 3.05) is 32.1 Å². The van der Waals surface area contributed by atoms with Crippen molar-refractivity contribution in [2.45, 2.75) is 50.8 Å². The molecule has 1 saturated heterocycles. The topological polar surface area (TPSA) is 71.0 Å². The van der Waals surface area contributed by atoms with E-state index in [1.54, 1.807) is 26.4 Å². The number of methoxy groups -OCH3 is 1. The first-order valence-corrected chi connectivity index (χ1v) is 11.3. The van der Waals surface area contributed by atoms with Crippen LogP contribution in [-0.4, -0.2) is 50.3 Å². The van der Waals surface area contributed by atoms with Crippen molar-refractivity contribution in [3.05, 3.63) is 47.9 Å². The molecule has 8 heteroatoms. The molecule has 1 saturated carbocycles. The molecule has 1 unspecified atom stereocenters. The van der Waals surface area contributed by atoms with Gasteiger partial charge in [-0.25, -0.2) is 9.37 Å². The molecule has 2 aliphatic rings. The van der Waals surface area contributed by atoms with Gasteiger partial charge in [-0.1, -0.05) is 12.1 Å². The van der Waals surface area contributed by atoms with E-state index in [0.29, 0.717) is 24.9 Å². The highest BCUT2D eigenvalue weighted by molar-refractivity contribution is 5.80. The van der Waals surface area contributed by atoms with Gasteiger partial charge in [0.05, 0.1) is 13.2 Å². The molecule has 172 valence electrons. The molecule has 2 N–H and O–H groups in total. The number of aliphatic imine (C=N–C) groups is 1. The van der Waals surface area contributed by atoms with Crippen LogP contribution in [0.15, 0.2) is 41.5 Å². The number of anilines is 1. The summed E-state index contributed by atoms with van der Waals surface area (Å²) in [6, 6.07) is 9.17. The van der Waals surface area contributed by atoms with Crippen molar-refractivity contribution in [3.63, 3.8) is 0 Å². The van der Waals surface area contributed by atoms with Crippen LogP contribution < -0.4 is 25.0 Å². The summed E-state index contributed by atoms with van der Waals surface area (Å²) >= 11 is 0. The fourth-order valence-corrected chi connectivity index (χ4v) is 4.42. The van der Waals surface area contributed by atoms with E-state index in [-0.39, 0.29) is 18.0 Å². The predicted molar refractivity (Wildman–Crippen MR) is 124 cm³/mol. The molecule has 0 amide bonds. The van der Waals surface area contributed by atoms with Gasteiger partial charge in [0.2, 0.25) is 0 Å². The van der Waals surface area contributed by atoms with Crippen LogP contribution >= 0.6 is 0 Å². The van der Waals surface area contributed by atoms with Gasteiger partial charge in [0, 0.05) is 44.5 Å². The third-order valence-corrected chi connectivity index (χ3v) is 6.10. The standard InChI is InChI=1S/C24H32FN5O2/c1-26-24(29-18-12-14-30(16-18)23-20(25)10-6-13-27-23)28-15-17-7-5-11-21(31-2)22(17)32-19-8-3-4-9-19/h5-7,10-11,13,18-19H,3-4,8-9,12,14-16H2,1-2H3,(H2,26,28,29). The molecule has 1 aliphatic carbocycles. The summed E-state index contributed by atoms with van der Waals surface area (Å²) in [6.07, 6.45) is 7.35. The lowest BCUT2D eigenvalue weighted by atomic mass is 10.1. The van der Waals surface area contributed by atoms with Crippen LogP contribution in [0.3, 0.4) is 0 Å². The zero-order valence-corrected chi connectivity index (χ0v) is 18.8. The number of benzene rings is 1. The van der Waals surface area contributed by atoms with Crippen LogP contribution in [0.1, 0.15) is 37.7 Å². The first-order chi connectivity index (χ1) is 15.7. The maximum Gasteiger partial charge on any atom is 0.191 e. The van der Waals surface area contributed by atoms with Crippen molar-refractivity contribution in [2.24, 2.45) is 4.99 Å². The number of hydrogen-bond donors (Lipinski definition) is 2. The molecular weight excluding hydrogens is 409 g/mol. The highest BCUT2D eigenvalue weighted by atomic mass is 19.1. The Labute approximate surface area is 189 Å². The number of rotatable bonds is 7. The van der Waals surface area contributed by atoms with E-state index in [4.69, 9.17) is 9.47 Å². The van der Waals surface area contributed by atoms with E-state index in [2.05, 4.69) is 20.6 Å². The number of para-hydroxylation sites is 1. The molecule has 2 fully saturated rings. The van der Waals surface area contributed by atoms with Crippen molar-refractivity contribution in [3.8, 4) is 11.5 Å². The van der Waals surface area contributed by atoms with Crippen LogP contribution in [-0.2, 0) is 6.54 Å². The van der Waals surface area contributed by atoms with Crippen LogP contribution in [0.25, 0.3) is 0 Å². The number of halogens is 1. The summed E-state index contributed by atoms with van der Waals surface area (Å²) in [5.41, 5.74) is 1.03. The summed E-state index contributed by atoms with van der Waals surface area (Å²) in [4.78, 5) is 10.5. The molecule has 1 aromatic heterocycles. The smallest absolute Gasteiger partial charge is 0.191 e. The molecular formula is C24H32FN5O2. The van der Waals surface area contributed by atoms with Gasteiger partial charge in [-0.05, 0) is 50.3 Å². The third kappa shape index (κ3) is 5.23. The minimum atomic E-state index is -0.288. The van der Waals surface area contributed by atoms with Gasteiger partial charge in [0.1, 0.15) is 0 Å². The Kier molecular flexibility index (Phi) is 7.29. The lowest BCUT2D eigenvalue weighted by molar-refractivity contribution is 0.198. The van der Waals surface area contributed by atoms with E-state index >= 15 is 0 Å². The summed E-state index contributed by atoms with van der Waals surface area (Å²) in [5, 5.41) is 6.84. The van der Waals surface area contributed by atoms with E-state index < -0.39 is 0 Å². The maximum atomic E-state index is 14.1. The fraction of sp³-hybridized carbons (Fsp3) is 0.500. The summed E-state index contributed by atoms with van der Waals surface area (Å²) in [5.74, 6) is 2.38.